The molecular formula is C16H10N2O2S. The maximum absolute atomic E-state index is 9.92. The lowest BCUT2D eigenvalue weighted by Gasteiger charge is -1.97. The van der Waals surface area contributed by atoms with Crippen molar-refractivity contribution in [1.29, 1.82) is 0 Å². The molecule has 0 saturated heterocycles. The van der Waals surface area contributed by atoms with Gasteiger partial charge >= 0.3 is 5.95 Å². The standard InChI is InChI=1S/C16H10N2O2S/c19-16-13(18-15(20-16)14-6-3-7-21-14)8-10-9-17-12-5-2-1-4-11(10)12/h1-9,19H. The average molecular weight is 294 g/mol. The van der Waals surface area contributed by atoms with E-state index in [0.29, 0.717) is 11.6 Å². The molecule has 0 fully saturated rings. The van der Waals surface area contributed by atoms with Crippen LogP contribution >= 0.6 is 11.3 Å². The van der Waals surface area contributed by atoms with Crippen LogP contribution in [0, 0.1) is 0 Å². The average Bonchev–Trinajstić information content (AvgIpc) is 3.21. The first-order valence-corrected chi connectivity index (χ1v) is 7.28. The highest BCUT2D eigenvalue weighted by atomic mass is 32.1. The van der Waals surface area contributed by atoms with Crippen molar-refractivity contribution in [2.75, 3.05) is 0 Å². The van der Waals surface area contributed by atoms with Crippen molar-refractivity contribution in [2.24, 2.45) is 4.99 Å². The van der Waals surface area contributed by atoms with E-state index in [1.807, 2.05) is 41.8 Å². The molecule has 0 spiro atoms. The van der Waals surface area contributed by atoms with Crippen LogP contribution in [0.15, 0.2) is 51.2 Å². The Kier molecular flexibility index (Phi) is 2.72. The molecule has 1 aliphatic heterocycles. The van der Waals surface area contributed by atoms with E-state index in [0.717, 1.165) is 21.7 Å². The zero-order valence-electron chi connectivity index (χ0n) is 10.9. The number of aromatic hydroxyl groups is 1. The molecule has 0 aliphatic carbocycles. The number of nitrogens with zero attached hydrogens (tertiary/aromatic N) is 2. The van der Waals surface area contributed by atoms with Gasteiger partial charge in [-0.1, -0.05) is 24.3 Å². The molecule has 4 nitrogen and oxygen atoms in total. The van der Waals surface area contributed by atoms with Gasteiger partial charge < -0.3 is 9.52 Å². The lowest BCUT2D eigenvalue weighted by Crippen LogP contribution is -1.81. The molecule has 4 rings (SSSR count). The van der Waals surface area contributed by atoms with Crippen LogP contribution in [0.5, 0.6) is 5.95 Å². The number of hydrogen-bond donors (Lipinski definition) is 1. The van der Waals surface area contributed by atoms with Gasteiger partial charge in [-0.05, 0) is 23.6 Å². The van der Waals surface area contributed by atoms with E-state index in [9.17, 15) is 5.11 Å². The number of thiophene rings is 1. The number of aromatic nitrogens is 1. The van der Waals surface area contributed by atoms with Gasteiger partial charge in [0.25, 0.3) is 0 Å². The second kappa shape index (κ2) is 4.71. The molecule has 0 unspecified atom stereocenters. The van der Waals surface area contributed by atoms with Crippen molar-refractivity contribution < 1.29 is 9.52 Å². The van der Waals surface area contributed by atoms with Crippen LogP contribution in [-0.2, 0) is 0 Å². The van der Waals surface area contributed by atoms with Gasteiger partial charge in [0.1, 0.15) is 5.69 Å². The van der Waals surface area contributed by atoms with E-state index in [-0.39, 0.29) is 5.95 Å². The third kappa shape index (κ3) is 2.08. The molecule has 3 heterocycles. The van der Waals surface area contributed by atoms with Crippen molar-refractivity contribution in [3.8, 4) is 16.7 Å². The third-order valence-corrected chi connectivity index (χ3v) is 4.07. The summed E-state index contributed by atoms with van der Waals surface area (Å²) in [4.78, 5) is 9.56. The molecule has 21 heavy (non-hydrogen) atoms. The number of benzene rings is 1. The lowest BCUT2D eigenvalue weighted by atomic mass is 10.1. The topological polar surface area (TPSA) is 58.6 Å². The molecule has 0 radical (unpaired) electrons. The second-order valence-electron chi connectivity index (χ2n) is 4.56. The predicted octanol–water partition coefficient (Wildman–Crippen LogP) is 4.37. The van der Waals surface area contributed by atoms with Crippen molar-refractivity contribution in [3.63, 3.8) is 0 Å². The van der Waals surface area contributed by atoms with Crippen LogP contribution in [0.1, 0.15) is 11.3 Å². The van der Waals surface area contributed by atoms with Crippen molar-refractivity contribution >= 4 is 34.9 Å². The zero-order valence-corrected chi connectivity index (χ0v) is 11.7. The number of fused-ring (bicyclic) bond motifs is 1. The van der Waals surface area contributed by atoms with E-state index >= 15 is 0 Å². The summed E-state index contributed by atoms with van der Waals surface area (Å²) >= 11 is 1.51. The number of hydrogen-bond acceptors (Lipinski definition) is 5. The molecular weight excluding hydrogens is 284 g/mol. The first-order valence-electron chi connectivity index (χ1n) is 6.40. The first-order chi connectivity index (χ1) is 10.3. The van der Waals surface area contributed by atoms with Crippen LogP contribution in [0.2, 0.25) is 0 Å². The van der Waals surface area contributed by atoms with Gasteiger partial charge in [-0.3, -0.25) is 4.99 Å². The Hall–Kier alpha value is -2.66. The summed E-state index contributed by atoms with van der Waals surface area (Å²) in [5.74, 6) is 0.251. The fourth-order valence-corrected chi connectivity index (χ4v) is 2.87. The second-order valence-corrected chi connectivity index (χ2v) is 5.51. The smallest absolute Gasteiger partial charge is 0.310 e. The molecule has 102 valence electrons. The highest BCUT2D eigenvalue weighted by molar-refractivity contribution is 7.13. The molecule has 0 bridgehead atoms. The highest BCUT2D eigenvalue weighted by Crippen LogP contribution is 2.35. The number of para-hydroxylation sites is 1. The van der Waals surface area contributed by atoms with Gasteiger partial charge in [-0.15, -0.1) is 11.3 Å². The van der Waals surface area contributed by atoms with Crippen LogP contribution in [0.3, 0.4) is 0 Å². The van der Waals surface area contributed by atoms with E-state index < -0.39 is 0 Å². The Morgan fingerprint density at radius 3 is 2.90 bits per heavy atom. The molecule has 1 aromatic carbocycles. The summed E-state index contributed by atoms with van der Waals surface area (Å²) in [7, 11) is 0. The molecule has 0 saturated carbocycles. The highest BCUT2D eigenvalue weighted by Gasteiger charge is 2.16. The molecule has 3 aromatic rings. The maximum atomic E-state index is 9.92. The van der Waals surface area contributed by atoms with E-state index in [2.05, 4.69) is 9.98 Å². The quantitative estimate of drug-likeness (QED) is 0.763. The third-order valence-electron chi connectivity index (χ3n) is 3.22. The minimum absolute atomic E-state index is 0.177. The summed E-state index contributed by atoms with van der Waals surface area (Å²) in [6.45, 7) is 0. The van der Waals surface area contributed by atoms with Crippen LogP contribution in [0.25, 0.3) is 22.4 Å². The molecule has 1 N–H and O–H groups in total. The molecule has 1 aliphatic rings. The van der Waals surface area contributed by atoms with E-state index in [1.165, 1.54) is 11.3 Å². The van der Waals surface area contributed by atoms with Gasteiger partial charge in [-0.25, -0.2) is 4.98 Å². The predicted molar refractivity (Wildman–Crippen MR) is 83.9 cm³/mol. The number of rotatable bonds is 2. The minimum atomic E-state index is -0.177. The summed E-state index contributed by atoms with van der Waals surface area (Å²) in [6.07, 6.45) is 3.55. The Labute approximate surface area is 124 Å². The zero-order chi connectivity index (χ0) is 14.2. The molecule has 2 aromatic heterocycles. The fourth-order valence-electron chi connectivity index (χ4n) is 2.22. The van der Waals surface area contributed by atoms with Crippen LogP contribution < -0.4 is 0 Å². The van der Waals surface area contributed by atoms with Crippen LogP contribution in [-0.4, -0.2) is 16.3 Å². The molecule has 0 atom stereocenters. The summed E-state index contributed by atoms with van der Waals surface area (Å²) in [5.41, 5.74) is 3.27. The number of oxazole rings is 1. The summed E-state index contributed by atoms with van der Waals surface area (Å²) in [6, 6.07) is 11.7. The van der Waals surface area contributed by atoms with Gasteiger partial charge in [0.05, 0.1) is 10.6 Å². The molecule has 5 heteroatoms. The normalized spacial score (nSPS) is 14.8. The van der Waals surface area contributed by atoms with Crippen LogP contribution in [0.4, 0.5) is 5.69 Å². The summed E-state index contributed by atoms with van der Waals surface area (Å²) in [5, 5.41) is 11.9. The number of aliphatic imine (C=N–C) groups is 1. The van der Waals surface area contributed by atoms with E-state index in [4.69, 9.17) is 4.42 Å². The SMILES string of the molecule is Oc1oc(-c2cccs2)nc1C=C1C=Nc2ccccc21. The van der Waals surface area contributed by atoms with E-state index in [1.54, 1.807) is 12.3 Å². The van der Waals surface area contributed by atoms with Gasteiger partial charge in [-0.2, -0.15) is 0 Å². The fraction of sp³-hybridized carbons (Fsp3) is 0. The lowest BCUT2D eigenvalue weighted by molar-refractivity contribution is 0.337. The first kappa shape index (κ1) is 12.1. The Bertz CT molecular complexity index is 860. The monoisotopic (exact) mass is 294 g/mol. The Morgan fingerprint density at radius 2 is 2.05 bits per heavy atom. The van der Waals surface area contributed by atoms with Gasteiger partial charge in [0, 0.05) is 17.4 Å². The number of allylic oxidation sites excluding steroid dienone is 1. The van der Waals surface area contributed by atoms with Crippen molar-refractivity contribution in [3.05, 3.63) is 53.0 Å². The summed E-state index contributed by atoms with van der Waals surface area (Å²) < 4.78 is 5.32. The van der Waals surface area contributed by atoms with Gasteiger partial charge in [0.15, 0.2) is 0 Å². The maximum Gasteiger partial charge on any atom is 0.310 e. The Morgan fingerprint density at radius 1 is 1.14 bits per heavy atom. The molecule has 0 amide bonds. The van der Waals surface area contributed by atoms with Crippen molar-refractivity contribution in [2.45, 2.75) is 0 Å². The van der Waals surface area contributed by atoms with Crippen molar-refractivity contribution in [1.82, 2.24) is 4.98 Å². The largest absolute Gasteiger partial charge is 0.479 e. The Balaban J connectivity index is 1.76. The minimum Gasteiger partial charge on any atom is -0.479 e. The van der Waals surface area contributed by atoms with Gasteiger partial charge in [0.2, 0.25) is 5.89 Å².